The Morgan fingerprint density at radius 1 is 0.538 bits per heavy atom. The average molecular weight is 674 g/mol. The molecule has 0 aliphatic heterocycles. The van der Waals surface area contributed by atoms with Crippen LogP contribution < -0.4 is 4.74 Å². The predicted octanol–water partition coefficient (Wildman–Crippen LogP) is 11.5. The molecular formula is C46H35N5O. The highest BCUT2D eigenvalue weighted by Crippen LogP contribution is 2.44. The molecule has 4 heterocycles. The van der Waals surface area contributed by atoms with Crippen LogP contribution in [0.5, 0.6) is 11.5 Å². The highest BCUT2D eigenvalue weighted by Gasteiger charge is 2.26. The van der Waals surface area contributed by atoms with Crippen LogP contribution in [0.1, 0.15) is 16.7 Å². The number of aryl methyl sites for hydroxylation is 3. The van der Waals surface area contributed by atoms with E-state index in [1.165, 1.54) is 16.5 Å². The molecule has 0 fully saturated rings. The maximum atomic E-state index is 6.66. The van der Waals surface area contributed by atoms with Crippen molar-refractivity contribution in [2.45, 2.75) is 20.8 Å². The van der Waals surface area contributed by atoms with E-state index < -0.39 is 0 Å². The summed E-state index contributed by atoms with van der Waals surface area (Å²) >= 11 is 0. The smallest absolute Gasteiger partial charge is 0.137 e. The monoisotopic (exact) mass is 673 g/mol. The van der Waals surface area contributed by atoms with Crippen molar-refractivity contribution in [3.8, 4) is 56.8 Å². The molecule has 5 aromatic carbocycles. The zero-order valence-corrected chi connectivity index (χ0v) is 29.2. The lowest BCUT2D eigenvalue weighted by molar-refractivity contribution is 0.483. The number of ether oxygens (including phenoxy) is 1. The molecule has 0 radical (unpaired) electrons. The third kappa shape index (κ3) is 5.42. The second-order valence-electron chi connectivity index (χ2n) is 13.2. The normalized spacial score (nSPS) is 11.4. The average Bonchev–Trinajstić information content (AvgIpc) is 3.72. The molecule has 0 spiro atoms. The van der Waals surface area contributed by atoms with Gasteiger partial charge >= 0.3 is 0 Å². The molecular weight excluding hydrogens is 639 g/mol. The quantitative estimate of drug-likeness (QED) is 0.169. The van der Waals surface area contributed by atoms with Crippen LogP contribution in [0, 0.1) is 20.8 Å². The Balaban J connectivity index is 1.20. The molecule has 0 bridgehead atoms. The van der Waals surface area contributed by atoms with Gasteiger partial charge in [-0.15, -0.1) is 0 Å². The number of benzene rings is 5. The molecule has 0 unspecified atom stereocenters. The minimum Gasteiger partial charge on any atom is -0.457 e. The van der Waals surface area contributed by atoms with Crippen molar-refractivity contribution >= 4 is 21.8 Å². The van der Waals surface area contributed by atoms with Crippen molar-refractivity contribution < 1.29 is 4.74 Å². The number of nitrogens with zero attached hydrogens (tertiary/aromatic N) is 5. The van der Waals surface area contributed by atoms with E-state index in [9.17, 15) is 0 Å². The van der Waals surface area contributed by atoms with Crippen LogP contribution >= 0.6 is 0 Å². The van der Waals surface area contributed by atoms with Crippen molar-refractivity contribution in [1.82, 2.24) is 24.3 Å². The van der Waals surface area contributed by atoms with Crippen molar-refractivity contribution in [2.24, 2.45) is 0 Å². The first-order valence-electron chi connectivity index (χ1n) is 17.4. The highest BCUT2D eigenvalue weighted by atomic mass is 16.5. The van der Waals surface area contributed by atoms with Gasteiger partial charge in [0.25, 0.3) is 0 Å². The minimum absolute atomic E-state index is 0.700. The van der Waals surface area contributed by atoms with Gasteiger partial charge in [0, 0.05) is 46.4 Å². The third-order valence-electron chi connectivity index (χ3n) is 9.64. The molecule has 4 aromatic heterocycles. The van der Waals surface area contributed by atoms with E-state index in [2.05, 4.69) is 122 Å². The summed E-state index contributed by atoms with van der Waals surface area (Å²) in [5.41, 5.74) is 12.4. The van der Waals surface area contributed by atoms with Gasteiger partial charge in [0.2, 0.25) is 0 Å². The lowest BCUT2D eigenvalue weighted by Gasteiger charge is -2.14. The van der Waals surface area contributed by atoms with E-state index in [-0.39, 0.29) is 0 Å². The number of fused-ring (bicyclic) bond motifs is 3. The maximum Gasteiger partial charge on any atom is 0.137 e. The van der Waals surface area contributed by atoms with Crippen molar-refractivity contribution in [2.75, 3.05) is 0 Å². The first-order valence-corrected chi connectivity index (χ1v) is 17.4. The zero-order chi connectivity index (χ0) is 35.2. The fourth-order valence-corrected chi connectivity index (χ4v) is 7.31. The van der Waals surface area contributed by atoms with E-state index >= 15 is 0 Å². The van der Waals surface area contributed by atoms with Crippen LogP contribution in [-0.2, 0) is 0 Å². The number of para-hydroxylation sites is 1. The molecule has 0 aliphatic carbocycles. The van der Waals surface area contributed by atoms with Gasteiger partial charge in [-0.1, -0.05) is 78.9 Å². The van der Waals surface area contributed by atoms with Crippen molar-refractivity contribution in [1.29, 1.82) is 0 Å². The van der Waals surface area contributed by atoms with Crippen LogP contribution in [0.25, 0.3) is 67.1 Å². The maximum absolute atomic E-state index is 6.66. The van der Waals surface area contributed by atoms with Gasteiger partial charge in [0.05, 0.1) is 22.4 Å². The fourth-order valence-electron chi connectivity index (χ4n) is 7.31. The number of pyridine rings is 2. The van der Waals surface area contributed by atoms with Gasteiger partial charge in [-0.2, -0.15) is 5.10 Å². The van der Waals surface area contributed by atoms with Crippen LogP contribution in [0.15, 0.2) is 158 Å². The molecule has 0 atom stereocenters. The Hall–Kier alpha value is -6.79. The molecule has 52 heavy (non-hydrogen) atoms. The molecule has 0 saturated carbocycles. The Kier molecular flexibility index (Phi) is 7.70. The van der Waals surface area contributed by atoms with Crippen LogP contribution in [0.3, 0.4) is 0 Å². The van der Waals surface area contributed by atoms with Gasteiger partial charge in [0.1, 0.15) is 28.7 Å². The lowest BCUT2D eigenvalue weighted by atomic mass is 9.91. The minimum atomic E-state index is 0.700. The zero-order valence-electron chi connectivity index (χ0n) is 29.2. The van der Waals surface area contributed by atoms with Crippen molar-refractivity contribution in [3.63, 3.8) is 0 Å². The largest absolute Gasteiger partial charge is 0.457 e. The number of aromatic nitrogens is 5. The van der Waals surface area contributed by atoms with E-state index in [0.717, 1.165) is 73.0 Å². The molecule has 0 saturated heterocycles. The van der Waals surface area contributed by atoms with Crippen molar-refractivity contribution in [3.05, 3.63) is 175 Å². The van der Waals surface area contributed by atoms with Gasteiger partial charge < -0.3 is 4.74 Å². The number of rotatable bonds is 7. The second-order valence-corrected chi connectivity index (χ2v) is 13.2. The summed E-state index contributed by atoms with van der Waals surface area (Å²) in [4.78, 5) is 9.61. The summed E-state index contributed by atoms with van der Waals surface area (Å²) in [7, 11) is 0. The van der Waals surface area contributed by atoms with Crippen LogP contribution in [0.4, 0.5) is 0 Å². The summed E-state index contributed by atoms with van der Waals surface area (Å²) in [5, 5.41) is 7.68. The van der Waals surface area contributed by atoms with Gasteiger partial charge in [-0.05, 0) is 97.6 Å². The Morgan fingerprint density at radius 3 is 2.10 bits per heavy atom. The predicted molar refractivity (Wildman–Crippen MR) is 211 cm³/mol. The summed E-state index contributed by atoms with van der Waals surface area (Å²) < 4.78 is 10.9. The SMILES string of the molecule is Cc1ccnc(-n2c3ccccc3c3ccc(Oc4cccc(-n5nc(-c6ccccc6)c(-c6c(C)cccc6C)c5-c5ccccn5)c4)cc32)c1. The third-order valence-corrected chi connectivity index (χ3v) is 9.64. The molecule has 0 amide bonds. The first kappa shape index (κ1) is 31.2. The highest BCUT2D eigenvalue weighted by molar-refractivity contribution is 6.09. The van der Waals surface area contributed by atoms with Crippen LogP contribution in [0.2, 0.25) is 0 Å². The first-order chi connectivity index (χ1) is 25.5. The summed E-state index contributed by atoms with van der Waals surface area (Å²) in [6, 6.07) is 49.8. The molecule has 6 nitrogen and oxygen atoms in total. The number of hydrogen-bond acceptors (Lipinski definition) is 4. The lowest BCUT2D eigenvalue weighted by Crippen LogP contribution is -2.01. The fraction of sp³-hybridized carbons (Fsp3) is 0.0652. The van der Waals surface area contributed by atoms with Crippen LogP contribution in [-0.4, -0.2) is 24.3 Å². The Morgan fingerprint density at radius 2 is 1.29 bits per heavy atom. The molecule has 6 heteroatoms. The Bertz CT molecular complexity index is 2720. The van der Waals surface area contributed by atoms with Gasteiger partial charge in [0.15, 0.2) is 0 Å². The molecule has 0 aliphatic rings. The van der Waals surface area contributed by atoms with E-state index in [1.807, 2.05) is 65.6 Å². The molecule has 250 valence electrons. The summed E-state index contributed by atoms with van der Waals surface area (Å²) in [6.07, 6.45) is 3.70. The van der Waals surface area contributed by atoms with Gasteiger partial charge in [-0.25, -0.2) is 9.67 Å². The molecule has 0 N–H and O–H groups in total. The molecule has 9 rings (SSSR count). The number of hydrogen-bond donors (Lipinski definition) is 0. The van der Waals surface area contributed by atoms with Gasteiger partial charge in [-0.3, -0.25) is 9.55 Å². The topological polar surface area (TPSA) is 57.8 Å². The van der Waals surface area contributed by atoms with E-state index in [0.29, 0.717) is 5.75 Å². The summed E-state index contributed by atoms with van der Waals surface area (Å²) in [6.45, 7) is 6.42. The van der Waals surface area contributed by atoms with E-state index in [4.69, 9.17) is 19.8 Å². The Labute approximate surface area is 302 Å². The molecule has 9 aromatic rings. The standard InChI is InChI=1S/C46H35N5O/c1-30-24-26-48-42(27-30)50-40-21-8-7-19-37(40)38-23-22-36(29-41(38)50)52-35-18-12-17-34(28-35)51-46(39-20-9-10-25-47-39)44(43-31(2)13-11-14-32(43)3)45(49-51)33-15-5-4-6-16-33/h4-29H,1-3H3. The van der Waals surface area contributed by atoms with E-state index in [1.54, 1.807) is 0 Å². The summed E-state index contributed by atoms with van der Waals surface area (Å²) in [5.74, 6) is 2.30. The second kappa shape index (κ2) is 12.8.